The van der Waals surface area contributed by atoms with Crippen LogP contribution in [0.1, 0.15) is 44.7 Å². The molecule has 3 saturated carbocycles. The number of anilines is 1. The maximum Gasteiger partial charge on any atom is 0.419 e. The van der Waals surface area contributed by atoms with Crippen molar-refractivity contribution in [3.05, 3.63) is 56.2 Å². The summed E-state index contributed by atoms with van der Waals surface area (Å²) < 4.78 is 53.0. The van der Waals surface area contributed by atoms with Crippen molar-refractivity contribution in [3.8, 4) is 0 Å². The molecule has 0 saturated heterocycles. The molecular weight excluding hydrogens is 532 g/mol. The van der Waals surface area contributed by atoms with Crippen molar-refractivity contribution in [2.24, 2.45) is 23.2 Å². The third kappa shape index (κ3) is 4.96. The van der Waals surface area contributed by atoms with Crippen molar-refractivity contribution in [1.29, 1.82) is 0 Å². The topological polar surface area (TPSA) is 76.0 Å². The third-order valence-electron chi connectivity index (χ3n) is 7.80. The van der Waals surface area contributed by atoms with Gasteiger partial charge in [-0.1, -0.05) is 26.8 Å². The van der Waals surface area contributed by atoms with Gasteiger partial charge in [0.15, 0.2) is 0 Å². The number of halogens is 5. The highest BCUT2D eigenvalue weighted by Gasteiger charge is 2.56. The minimum Gasteiger partial charge on any atom is -0.380 e. The van der Waals surface area contributed by atoms with Gasteiger partial charge in [-0.25, -0.2) is 9.07 Å². The van der Waals surface area contributed by atoms with Gasteiger partial charge < -0.3 is 10.6 Å². The SMILES string of the molecule is C[C@@H]1[C@H]2C[C@@H](C[C@H]1Nc1cnn(CC(=O)NCc3ccc(C(F)(F)F)c(F)c3)c(=O)c1Br)C2(C)C. The van der Waals surface area contributed by atoms with E-state index in [-0.39, 0.29) is 29.2 Å². The average molecular weight is 559 g/mol. The number of fused-ring (bicyclic) bond motifs is 2. The van der Waals surface area contributed by atoms with Gasteiger partial charge in [0, 0.05) is 12.6 Å². The first-order chi connectivity index (χ1) is 16.3. The Balaban J connectivity index is 1.36. The quantitative estimate of drug-likeness (QED) is 0.491. The standard InChI is InChI=1S/C24H27BrF4N4O2/c1-12-16-7-14(23(16,2)3)8-18(12)32-19-10-31-33(22(35)21(19)25)11-20(34)30-9-13-4-5-15(17(26)6-13)24(27,28)29/h4-6,10,12,14,16,18,32H,7-9,11H2,1-3H3,(H,30,34)/t12-,14+,16-,18-/m1/s1. The zero-order valence-electron chi connectivity index (χ0n) is 19.5. The van der Waals surface area contributed by atoms with Crippen LogP contribution in [0.4, 0.5) is 23.2 Å². The smallest absolute Gasteiger partial charge is 0.380 e. The molecule has 3 aliphatic rings. The van der Waals surface area contributed by atoms with Gasteiger partial charge in [-0.3, -0.25) is 9.59 Å². The first-order valence-electron chi connectivity index (χ1n) is 11.4. The Morgan fingerprint density at radius 1 is 1.29 bits per heavy atom. The van der Waals surface area contributed by atoms with Crippen molar-refractivity contribution in [2.75, 3.05) is 5.32 Å². The van der Waals surface area contributed by atoms with Crippen molar-refractivity contribution >= 4 is 27.5 Å². The second kappa shape index (κ2) is 9.22. The molecule has 3 fully saturated rings. The number of alkyl halides is 3. The molecule has 4 atom stereocenters. The zero-order valence-corrected chi connectivity index (χ0v) is 21.1. The van der Waals surface area contributed by atoms with Crippen LogP contribution in [-0.2, 0) is 24.1 Å². The van der Waals surface area contributed by atoms with Crippen LogP contribution in [-0.4, -0.2) is 21.7 Å². The van der Waals surface area contributed by atoms with Crippen LogP contribution in [0.15, 0.2) is 33.7 Å². The van der Waals surface area contributed by atoms with Crippen LogP contribution in [0.3, 0.4) is 0 Å². The number of aromatic nitrogens is 2. The Bertz CT molecular complexity index is 1200. The summed E-state index contributed by atoms with van der Waals surface area (Å²) in [6.07, 6.45) is -1.03. The summed E-state index contributed by atoms with van der Waals surface area (Å²) >= 11 is 3.32. The molecule has 0 spiro atoms. The lowest BCUT2D eigenvalue weighted by atomic mass is 9.45. The van der Waals surface area contributed by atoms with E-state index in [2.05, 4.69) is 52.4 Å². The Labute approximate surface area is 208 Å². The molecule has 2 aromatic rings. The summed E-state index contributed by atoms with van der Waals surface area (Å²) in [4.78, 5) is 25.0. The number of rotatable bonds is 6. The first-order valence-corrected chi connectivity index (χ1v) is 12.2. The third-order valence-corrected chi connectivity index (χ3v) is 8.57. The normalized spacial score (nSPS) is 25.0. The van der Waals surface area contributed by atoms with Crippen molar-refractivity contribution < 1.29 is 22.4 Å². The second-order valence-electron chi connectivity index (χ2n) is 10.1. The number of nitrogens with zero attached hydrogens (tertiary/aromatic N) is 2. The molecule has 2 N–H and O–H groups in total. The Morgan fingerprint density at radius 2 is 2.00 bits per heavy atom. The van der Waals surface area contributed by atoms with E-state index in [1.165, 1.54) is 12.6 Å². The Morgan fingerprint density at radius 3 is 2.60 bits per heavy atom. The largest absolute Gasteiger partial charge is 0.419 e. The molecule has 2 bridgehead atoms. The Kier molecular flexibility index (Phi) is 6.76. The Hall–Kier alpha value is -2.43. The monoisotopic (exact) mass is 558 g/mol. The summed E-state index contributed by atoms with van der Waals surface area (Å²) in [6.45, 7) is 6.28. The van der Waals surface area contributed by atoms with Gasteiger partial charge >= 0.3 is 6.18 Å². The summed E-state index contributed by atoms with van der Waals surface area (Å²) in [5.74, 6) is -0.272. The molecule has 190 valence electrons. The summed E-state index contributed by atoms with van der Waals surface area (Å²) in [6, 6.07) is 2.67. The maximum atomic E-state index is 13.7. The van der Waals surface area contributed by atoms with E-state index < -0.39 is 29.0 Å². The van der Waals surface area contributed by atoms with Crippen LogP contribution in [0, 0.1) is 29.0 Å². The molecule has 3 aliphatic carbocycles. The lowest BCUT2D eigenvalue weighted by Crippen LogP contribution is -2.58. The molecule has 0 unspecified atom stereocenters. The van der Waals surface area contributed by atoms with Crippen LogP contribution in [0.25, 0.3) is 0 Å². The molecule has 11 heteroatoms. The predicted octanol–water partition coefficient (Wildman–Crippen LogP) is 4.96. The van der Waals surface area contributed by atoms with Gasteiger partial charge in [0.25, 0.3) is 5.56 Å². The highest BCUT2D eigenvalue weighted by Crippen LogP contribution is 2.61. The van der Waals surface area contributed by atoms with E-state index in [1.807, 2.05) is 0 Å². The number of benzene rings is 1. The minimum atomic E-state index is -4.79. The summed E-state index contributed by atoms with van der Waals surface area (Å²) in [5, 5.41) is 10.0. The molecule has 1 aromatic heterocycles. The molecule has 5 rings (SSSR count). The fourth-order valence-electron chi connectivity index (χ4n) is 5.51. The summed E-state index contributed by atoms with van der Waals surface area (Å²) in [7, 11) is 0. The molecule has 1 amide bonds. The van der Waals surface area contributed by atoms with E-state index in [0.29, 0.717) is 34.9 Å². The number of hydrogen-bond acceptors (Lipinski definition) is 4. The number of carbonyl (C=O) groups excluding carboxylic acids is 1. The number of nitrogens with one attached hydrogen (secondary N) is 2. The maximum absolute atomic E-state index is 13.7. The van der Waals surface area contributed by atoms with Gasteiger partial charge in [-0.05, 0) is 69.6 Å². The molecule has 1 aromatic carbocycles. The molecular formula is C24H27BrF4N4O2. The molecule has 35 heavy (non-hydrogen) atoms. The van der Waals surface area contributed by atoms with Crippen LogP contribution in [0.5, 0.6) is 0 Å². The highest BCUT2D eigenvalue weighted by atomic mass is 79.9. The highest BCUT2D eigenvalue weighted by molar-refractivity contribution is 9.10. The van der Waals surface area contributed by atoms with Crippen molar-refractivity contribution in [1.82, 2.24) is 15.1 Å². The van der Waals surface area contributed by atoms with Crippen LogP contribution in [0.2, 0.25) is 0 Å². The van der Waals surface area contributed by atoms with E-state index in [0.717, 1.165) is 23.2 Å². The molecule has 1 heterocycles. The number of amides is 1. The van der Waals surface area contributed by atoms with Gasteiger partial charge in [0.1, 0.15) is 16.8 Å². The van der Waals surface area contributed by atoms with Crippen LogP contribution >= 0.6 is 15.9 Å². The van der Waals surface area contributed by atoms with E-state index in [4.69, 9.17) is 0 Å². The average Bonchev–Trinajstić information content (AvgIpc) is 2.77. The van der Waals surface area contributed by atoms with E-state index in [1.54, 1.807) is 0 Å². The fourth-order valence-corrected chi connectivity index (χ4v) is 5.93. The number of hydrogen-bond donors (Lipinski definition) is 2. The van der Waals surface area contributed by atoms with Gasteiger partial charge in [0.05, 0.1) is 17.4 Å². The van der Waals surface area contributed by atoms with Crippen molar-refractivity contribution in [3.63, 3.8) is 0 Å². The lowest BCUT2D eigenvalue weighted by molar-refractivity contribution is -0.140. The fraction of sp³-hybridized carbons (Fsp3) is 0.542. The molecule has 6 nitrogen and oxygen atoms in total. The zero-order chi connectivity index (χ0) is 25.7. The van der Waals surface area contributed by atoms with Crippen molar-refractivity contribution in [2.45, 2.75) is 58.9 Å². The number of carbonyl (C=O) groups is 1. The summed E-state index contributed by atoms with van der Waals surface area (Å²) in [5.41, 5.74) is -0.781. The van der Waals surface area contributed by atoms with Gasteiger partial charge in [-0.15, -0.1) is 0 Å². The minimum absolute atomic E-state index is 0.160. The lowest BCUT2D eigenvalue weighted by Gasteiger charge is -2.62. The second-order valence-corrected chi connectivity index (χ2v) is 10.9. The van der Waals surface area contributed by atoms with E-state index in [9.17, 15) is 27.2 Å². The molecule has 0 aliphatic heterocycles. The van der Waals surface area contributed by atoms with E-state index >= 15 is 0 Å². The predicted molar refractivity (Wildman–Crippen MR) is 126 cm³/mol. The molecule has 0 radical (unpaired) electrons. The van der Waals surface area contributed by atoms with Gasteiger partial charge in [-0.2, -0.15) is 18.3 Å². The van der Waals surface area contributed by atoms with Gasteiger partial charge in [0.2, 0.25) is 5.91 Å². The first kappa shape index (κ1) is 25.7. The van der Waals surface area contributed by atoms with Crippen LogP contribution < -0.4 is 16.2 Å².